The number of rotatable bonds is 5. The molecule has 0 bridgehead atoms. The summed E-state index contributed by atoms with van der Waals surface area (Å²) in [6, 6.07) is 15.7. The van der Waals surface area contributed by atoms with Crippen molar-refractivity contribution in [2.45, 2.75) is 13.8 Å². The average Bonchev–Trinajstić information content (AvgIpc) is 2.48. The lowest BCUT2D eigenvalue weighted by molar-refractivity contribution is -0.144. The van der Waals surface area contributed by atoms with Crippen LogP contribution >= 0.6 is 0 Å². The van der Waals surface area contributed by atoms with Crippen molar-refractivity contribution in [1.29, 1.82) is 0 Å². The number of carbonyl (C=O) groups is 2. The minimum atomic E-state index is -1.44. The molecule has 0 aliphatic rings. The van der Waals surface area contributed by atoms with Crippen molar-refractivity contribution in [3.8, 4) is 11.5 Å². The lowest BCUT2D eigenvalue weighted by Gasteiger charge is -2.17. The minimum Gasteiger partial charge on any atom is -0.481 e. The molecule has 0 atom stereocenters. The maximum absolute atomic E-state index is 12.2. The highest BCUT2D eigenvalue weighted by molar-refractivity contribution is 6.11. The van der Waals surface area contributed by atoms with E-state index in [2.05, 4.69) is 0 Å². The van der Waals surface area contributed by atoms with Gasteiger partial charge in [-0.25, -0.2) is 0 Å². The monoisotopic (exact) mass is 284 g/mol. The van der Waals surface area contributed by atoms with Gasteiger partial charge in [0, 0.05) is 5.56 Å². The van der Waals surface area contributed by atoms with Crippen LogP contribution in [0.25, 0.3) is 0 Å². The number of ketones is 1. The summed E-state index contributed by atoms with van der Waals surface area (Å²) >= 11 is 0. The summed E-state index contributed by atoms with van der Waals surface area (Å²) in [6.45, 7) is 2.79. The number of carbonyl (C=O) groups excluding carboxylic acids is 1. The predicted molar refractivity (Wildman–Crippen MR) is 78.7 cm³/mol. The van der Waals surface area contributed by atoms with Gasteiger partial charge in [0.1, 0.15) is 16.9 Å². The fourth-order valence-electron chi connectivity index (χ4n) is 1.76. The van der Waals surface area contributed by atoms with Crippen molar-refractivity contribution >= 4 is 11.8 Å². The number of hydrogen-bond donors (Lipinski definition) is 1. The molecule has 0 unspecified atom stereocenters. The molecule has 2 aromatic carbocycles. The van der Waals surface area contributed by atoms with Gasteiger partial charge in [0.25, 0.3) is 0 Å². The van der Waals surface area contributed by atoms with E-state index in [0.29, 0.717) is 17.1 Å². The number of carboxylic acids is 1. The van der Waals surface area contributed by atoms with Crippen molar-refractivity contribution < 1.29 is 19.4 Å². The Balaban J connectivity index is 2.16. The number of para-hydroxylation sites is 1. The molecule has 0 spiro atoms. The Labute approximate surface area is 123 Å². The molecule has 0 radical (unpaired) electrons. The zero-order valence-electron chi connectivity index (χ0n) is 11.9. The maximum Gasteiger partial charge on any atom is 0.316 e. The molecule has 0 heterocycles. The van der Waals surface area contributed by atoms with E-state index >= 15 is 0 Å². The summed E-state index contributed by atoms with van der Waals surface area (Å²) in [5.41, 5.74) is -1.09. The first kappa shape index (κ1) is 14.8. The molecule has 0 aliphatic carbocycles. The van der Waals surface area contributed by atoms with Gasteiger partial charge in [0.15, 0.2) is 5.78 Å². The fourth-order valence-corrected chi connectivity index (χ4v) is 1.76. The molecule has 0 saturated heterocycles. The van der Waals surface area contributed by atoms with Gasteiger partial charge in [-0.2, -0.15) is 0 Å². The maximum atomic E-state index is 12.2. The standard InChI is InChI=1S/C17H16O4/c1-17(2,16(19)20)15(18)12-8-10-14(11-9-12)21-13-6-4-3-5-7-13/h3-11H,1-2H3,(H,19,20). The van der Waals surface area contributed by atoms with Gasteiger partial charge in [-0.05, 0) is 50.2 Å². The summed E-state index contributed by atoms with van der Waals surface area (Å²) in [5, 5.41) is 9.08. The smallest absolute Gasteiger partial charge is 0.316 e. The van der Waals surface area contributed by atoms with Crippen molar-refractivity contribution in [3.05, 3.63) is 60.2 Å². The van der Waals surface area contributed by atoms with Crippen molar-refractivity contribution in [2.75, 3.05) is 0 Å². The van der Waals surface area contributed by atoms with Gasteiger partial charge < -0.3 is 9.84 Å². The number of carboxylic acid groups (broad SMARTS) is 1. The molecule has 1 N–H and O–H groups in total. The van der Waals surface area contributed by atoms with Crippen LogP contribution in [-0.4, -0.2) is 16.9 Å². The first-order valence-electron chi connectivity index (χ1n) is 6.52. The number of benzene rings is 2. The van der Waals surface area contributed by atoms with Crippen LogP contribution in [0.1, 0.15) is 24.2 Å². The second kappa shape index (κ2) is 5.79. The Bertz CT molecular complexity index is 642. The third-order valence-electron chi connectivity index (χ3n) is 3.20. The van der Waals surface area contributed by atoms with Crippen LogP contribution in [-0.2, 0) is 4.79 Å². The minimum absolute atomic E-state index is 0.350. The molecule has 4 nitrogen and oxygen atoms in total. The molecule has 0 aliphatic heterocycles. The quantitative estimate of drug-likeness (QED) is 0.670. The van der Waals surface area contributed by atoms with Gasteiger partial charge in [-0.3, -0.25) is 9.59 Å². The highest BCUT2D eigenvalue weighted by Gasteiger charge is 2.36. The highest BCUT2D eigenvalue weighted by Crippen LogP contribution is 2.25. The molecular weight excluding hydrogens is 268 g/mol. The van der Waals surface area contributed by atoms with E-state index in [-0.39, 0.29) is 0 Å². The Morgan fingerprint density at radius 1 is 0.905 bits per heavy atom. The lowest BCUT2D eigenvalue weighted by Crippen LogP contribution is -2.33. The molecule has 108 valence electrons. The van der Waals surface area contributed by atoms with Crippen LogP contribution in [0.4, 0.5) is 0 Å². The van der Waals surface area contributed by atoms with Crippen molar-refractivity contribution in [1.82, 2.24) is 0 Å². The molecule has 2 rings (SSSR count). The molecule has 4 heteroatoms. The molecule has 0 aromatic heterocycles. The third kappa shape index (κ3) is 3.28. The van der Waals surface area contributed by atoms with E-state index in [1.165, 1.54) is 13.8 Å². The van der Waals surface area contributed by atoms with Crippen molar-refractivity contribution in [2.24, 2.45) is 5.41 Å². The SMILES string of the molecule is CC(C)(C(=O)O)C(=O)c1ccc(Oc2ccccc2)cc1. The Morgan fingerprint density at radius 3 is 1.95 bits per heavy atom. The molecule has 0 saturated carbocycles. The molecular formula is C17H16O4. The molecule has 2 aromatic rings. The Kier molecular flexibility index (Phi) is 4.08. The molecule has 0 amide bonds. The van der Waals surface area contributed by atoms with Crippen LogP contribution in [0.15, 0.2) is 54.6 Å². The van der Waals surface area contributed by atoms with Gasteiger partial charge in [0.05, 0.1) is 0 Å². The Morgan fingerprint density at radius 2 is 1.43 bits per heavy atom. The summed E-state index contributed by atoms with van der Waals surface area (Å²) in [7, 11) is 0. The summed E-state index contributed by atoms with van der Waals surface area (Å²) in [5.74, 6) is -0.285. The van der Waals surface area contributed by atoms with Gasteiger partial charge in [-0.15, -0.1) is 0 Å². The summed E-state index contributed by atoms with van der Waals surface area (Å²) in [4.78, 5) is 23.3. The number of hydrogen-bond acceptors (Lipinski definition) is 3. The average molecular weight is 284 g/mol. The van der Waals surface area contributed by atoms with Gasteiger partial charge >= 0.3 is 5.97 Å². The third-order valence-corrected chi connectivity index (χ3v) is 3.20. The normalized spacial score (nSPS) is 11.0. The zero-order valence-corrected chi connectivity index (χ0v) is 11.9. The van der Waals surface area contributed by atoms with Crippen molar-refractivity contribution in [3.63, 3.8) is 0 Å². The van der Waals surface area contributed by atoms with Crippen LogP contribution < -0.4 is 4.74 Å². The molecule has 0 fully saturated rings. The number of aliphatic carboxylic acids is 1. The summed E-state index contributed by atoms with van der Waals surface area (Å²) in [6.07, 6.45) is 0. The fraction of sp³-hybridized carbons (Fsp3) is 0.176. The largest absolute Gasteiger partial charge is 0.481 e. The van der Waals surface area contributed by atoms with Gasteiger partial charge in [-0.1, -0.05) is 18.2 Å². The second-order valence-electron chi connectivity index (χ2n) is 5.20. The Hall–Kier alpha value is -2.62. The lowest BCUT2D eigenvalue weighted by atomic mass is 9.84. The van der Waals surface area contributed by atoms with E-state index in [0.717, 1.165) is 0 Å². The van der Waals surface area contributed by atoms with Crippen LogP contribution in [0.2, 0.25) is 0 Å². The van der Waals surface area contributed by atoms with Crippen LogP contribution in [0, 0.1) is 5.41 Å². The number of Topliss-reactive ketones (excluding diaryl/α,β-unsaturated/α-hetero) is 1. The topological polar surface area (TPSA) is 63.6 Å². The van der Waals surface area contributed by atoms with E-state index < -0.39 is 17.2 Å². The first-order valence-corrected chi connectivity index (χ1v) is 6.52. The highest BCUT2D eigenvalue weighted by atomic mass is 16.5. The van der Waals surface area contributed by atoms with E-state index in [1.807, 2.05) is 30.3 Å². The van der Waals surface area contributed by atoms with Gasteiger partial charge in [0.2, 0.25) is 0 Å². The van der Waals surface area contributed by atoms with E-state index in [4.69, 9.17) is 9.84 Å². The first-order chi connectivity index (χ1) is 9.91. The van der Waals surface area contributed by atoms with E-state index in [9.17, 15) is 9.59 Å². The van der Waals surface area contributed by atoms with E-state index in [1.54, 1.807) is 24.3 Å². The molecule has 21 heavy (non-hydrogen) atoms. The van der Waals surface area contributed by atoms with Crippen LogP contribution in [0.5, 0.6) is 11.5 Å². The van der Waals surface area contributed by atoms with Crippen LogP contribution in [0.3, 0.4) is 0 Å². The predicted octanol–water partition coefficient (Wildman–Crippen LogP) is 3.77. The zero-order chi connectivity index (χ0) is 15.5. The summed E-state index contributed by atoms with van der Waals surface area (Å²) < 4.78 is 5.62. The number of ether oxygens (including phenoxy) is 1. The second-order valence-corrected chi connectivity index (χ2v) is 5.20.